The lowest BCUT2D eigenvalue weighted by molar-refractivity contribution is -0.138. The Morgan fingerprint density at radius 3 is 2.73 bits per heavy atom. The number of nitrogens with one attached hydrogen (secondary N) is 1. The minimum atomic E-state index is -0.282. The van der Waals surface area contributed by atoms with Crippen LogP contribution in [0.5, 0.6) is 0 Å². The van der Waals surface area contributed by atoms with Crippen molar-refractivity contribution in [3.63, 3.8) is 0 Å². The van der Waals surface area contributed by atoms with E-state index in [-0.39, 0.29) is 17.9 Å². The van der Waals surface area contributed by atoms with Gasteiger partial charge in [-0.1, -0.05) is 18.2 Å². The highest BCUT2D eigenvalue weighted by molar-refractivity contribution is 5.88. The first-order chi connectivity index (χ1) is 12.7. The molecule has 1 unspecified atom stereocenters. The molecule has 1 aliphatic heterocycles. The van der Waals surface area contributed by atoms with Crippen LogP contribution in [0, 0.1) is 0 Å². The van der Waals surface area contributed by atoms with Crippen LogP contribution < -0.4 is 5.32 Å². The molecule has 0 spiro atoms. The number of amides is 2. The lowest BCUT2D eigenvalue weighted by atomic mass is 10.1. The Morgan fingerprint density at radius 2 is 1.96 bits per heavy atom. The lowest BCUT2D eigenvalue weighted by Gasteiger charge is -2.24. The molecule has 6 heteroatoms. The minimum absolute atomic E-state index is 0.0234. The van der Waals surface area contributed by atoms with Gasteiger partial charge in [-0.3, -0.25) is 9.59 Å². The first kappa shape index (κ1) is 16.8. The number of para-hydroxylation sites is 1. The van der Waals surface area contributed by atoms with E-state index >= 15 is 0 Å². The van der Waals surface area contributed by atoms with Gasteiger partial charge in [0.15, 0.2) is 0 Å². The van der Waals surface area contributed by atoms with Gasteiger partial charge in [-0.05, 0) is 49.8 Å². The Hall–Kier alpha value is -2.63. The quantitative estimate of drug-likeness (QED) is 0.865. The zero-order chi connectivity index (χ0) is 17.9. The van der Waals surface area contributed by atoms with Gasteiger partial charge >= 0.3 is 0 Å². The van der Waals surface area contributed by atoms with Crippen molar-refractivity contribution in [3.8, 4) is 5.69 Å². The first-order valence-electron chi connectivity index (χ1n) is 9.39. The number of benzene rings is 1. The van der Waals surface area contributed by atoms with E-state index < -0.39 is 0 Å². The number of likely N-dealkylation sites (tertiary alicyclic amines) is 1. The maximum absolute atomic E-state index is 12.6. The summed E-state index contributed by atoms with van der Waals surface area (Å²) in [6.45, 7) is 0.685. The second-order valence-corrected chi connectivity index (χ2v) is 7.16. The third-order valence-electron chi connectivity index (χ3n) is 5.08. The smallest absolute Gasteiger partial charge is 0.243 e. The van der Waals surface area contributed by atoms with E-state index in [1.54, 1.807) is 4.90 Å². The molecule has 0 bridgehead atoms. The Labute approximate surface area is 153 Å². The average molecular weight is 352 g/mol. The van der Waals surface area contributed by atoms with Crippen LogP contribution in [-0.4, -0.2) is 45.1 Å². The van der Waals surface area contributed by atoms with E-state index in [9.17, 15) is 9.59 Å². The van der Waals surface area contributed by atoms with Crippen LogP contribution in [0.2, 0.25) is 0 Å². The van der Waals surface area contributed by atoms with Crippen molar-refractivity contribution in [3.05, 3.63) is 48.3 Å². The van der Waals surface area contributed by atoms with Crippen molar-refractivity contribution in [1.29, 1.82) is 0 Å². The van der Waals surface area contributed by atoms with E-state index in [2.05, 4.69) is 10.4 Å². The Bertz CT molecular complexity index is 782. The minimum Gasteiger partial charge on any atom is -0.352 e. The van der Waals surface area contributed by atoms with Gasteiger partial charge in [-0.25, -0.2) is 4.68 Å². The van der Waals surface area contributed by atoms with Gasteiger partial charge in [0.05, 0.1) is 11.9 Å². The molecule has 1 aliphatic carbocycles. The fourth-order valence-corrected chi connectivity index (χ4v) is 3.47. The Balaban J connectivity index is 1.33. The zero-order valence-corrected chi connectivity index (χ0v) is 14.8. The summed E-state index contributed by atoms with van der Waals surface area (Å²) in [4.78, 5) is 26.7. The van der Waals surface area contributed by atoms with E-state index in [1.807, 2.05) is 47.4 Å². The summed E-state index contributed by atoms with van der Waals surface area (Å²) in [6, 6.07) is 9.96. The van der Waals surface area contributed by atoms with E-state index in [4.69, 9.17) is 0 Å². The third kappa shape index (κ3) is 3.79. The van der Waals surface area contributed by atoms with E-state index in [0.717, 1.165) is 36.9 Å². The highest BCUT2D eigenvalue weighted by atomic mass is 16.2. The average Bonchev–Trinajstić information content (AvgIpc) is 3.15. The van der Waals surface area contributed by atoms with Gasteiger partial charge in [0.25, 0.3) is 0 Å². The number of nitrogens with zero attached hydrogens (tertiary/aromatic N) is 3. The SMILES string of the molecule is O=C(NC1CC1)C1CCCN1C(=O)CCc1cnn(-c2ccccc2)c1. The molecule has 1 aromatic heterocycles. The second kappa shape index (κ2) is 7.32. The van der Waals surface area contributed by atoms with Crippen molar-refractivity contribution in [2.75, 3.05) is 6.54 Å². The summed E-state index contributed by atoms with van der Waals surface area (Å²) in [5, 5.41) is 7.40. The van der Waals surface area contributed by atoms with Crippen LogP contribution in [0.4, 0.5) is 0 Å². The van der Waals surface area contributed by atoms with Gasteiger partial charge in [-0.15, -0.1) is 0 Å². The largest absolute Gasteiger partial charge is 0.352 e. The number of aromatic nitrogens is 2. The van der Waals surface area contributed by atoms with Crippen molar-refractivity contribution in [2.24, 2.45) is 0 Å². The molecule has 6 nitrogen and oxygen atoms in total. The van der Waals surface area contributed by atoms with Crippen LogP contribution >= 0.6 is 0 Å². The molecule has 2 aliphatic rings. The molecule has 136 valence electrons. The zero-order valence-electron chi connectivity index (χ0n) is 14.8. The molecular weight excluding hydrogens is 328 g/mol. The number of hydrogen-bond donors (Lipinski definition) is 1. The fourth-order valence-electron chi connectivity index (χ4n) is 3.47. The fraction of sp³-hybridized carbons (Fsp3) is 0.450. The Morgan fingerprint density at radius 1 is 1.15 bits per heavy atom. The Kier molecular flexibility index (Phi) is 4.73. The first-order valence-corrected chi connectivity index (χ1v) is 9.39. The molecule has 2 heterocycles. The van der Waals surface area contributed by atoms with E-state index in [1.165, 1.54) is 0 Å². The van der Waals surface area contributed by atoms with Crippen LogP contribution in [0.15, 0.2) is 42.7 Å². The molecule has 1 saturated heterocycles. The van der Waals surface area contributed by atoms with Crippen molar-refractivity contribution < 1.29 is 9.59 Å². The number of rotatable bonds is 6. The summed E-state index contributed by atoms with van der Waals surface area (Å²) in [5.41, 5.74) is 2.03. The number of carbonyl (C=O) groups excluding carboxylic acids is 2. The normalized spacial score (nSPS) is 19.5. The van der Waals surface area contributed by atoms with Crippen LogP contribution in [-0.2, 0) is 16.0 Å². The molecule has 1 N–H and O–H groups in total. The number of aryl methyl sites for hydroxylation is 1. The van der Waals surface area contributed by atoms with E-state index in [0.29, 0.717) is 25.4 Å². The summed E-state index contributed by atoms with van der Waals surface area (Å²) in [6.07, 6.45) is 8.63. The van der Waals surface area contributed by atoms with Crippen LogP contribution in [0.1, 0.15) is 37.7 Å². The molecule has 0 radical (unpaired) electrons. The third-order valence-corrected chi connectivity index (χ3v) is 5.08. The summed E-state index contributed by atoms with van der Waals surface area (Å²) >= 11 is 0. The molecule has 2 fully saturated rings. The molecular formula is C20H24N4O2. The summed E-state index contributed by atoms with van der Waals surface area (Å²) < 4.78 is 1.82. The van der Waals surface area contributed by atoms with Crippen molar-refractivity contribution in [1.82, 2.24) is 20.0 Å². The molecule has 1 saturated carbocycles. The standard InChI is InChI=1S/C20H24N4O2/c25-19(23-12-4-7-18(23)20(26)22-16-9-10-16)11-8-15-13-21-24(14-15)17-5-2-1-3-6-17/h1-3,5-6,13-14,16,18H,4,7-12H2,(H,22,26). The molecule has 1 aromatic carbocycles. The predicted molar refractivity (Wildman–Crippen MR) is 97.8 cm³/mol. The number of hydrogen-bond acceptors (Lipinski definition) is 3. The summed E-state index contributed by atoms with van der Waals surface area (Å²) in [5.74, 6) is 0.0844. The molecule has 4 rings (SSSR count). The van der Waals surface area contributed by atoms with Crippen molar-refractivity contribution in [2.45, 2.75) is 50.6 Å². The lowest BCUT2D eigenvalue weighted by Crippen LogP contribution is -2.46. The second-order valence-electron chi connectivity index (χ2n) is 7.16. The molecule has 26 heavy (non-hydrogen) atoms. The molecule has 2 aromatic rings. The van der Waals surface area contributed by atoms with Gasteiger partial charge in [0.1, 0.15) is 6.04 Å². The van der Waals surface area contributed by atoms with Crippen LogP contribution in [0.3, 0.4) is 0 Å². The highest BCUT2D eigenvalue weighted by Crippen LogP contribution is 2.23. The predicted octanol–water partition coefficient (Wildman–Crippen LogP) is 2.07. The monoisotopic (exact) mass is 352 g/mol. The molecule has 2 amide bonds. The van der Waals surface area contributed by atoms with Gasteiger partial charge < -0.3 is 10.2 Å². The number of carbonyl (C=O) groups is 2. The summed E-state index contributed by atoms with van der Waals surface area (Å²) in [7, 11) is 0. The topological polar surface area (TPSA) is 67.2 Å². The van der Waals surface area contributed by atoms with Gasteiger partial charge in [0, 0.05) is 25.2 Å². The van der Waals surface area contributed by atoms with Crippen molar-refractivity contribution >= 4 is 11.8 Å². The maximum Gasteiger partial charge on any atom is 0.243 e. The maximum atomic E-state index is 12.6. The van der Waals surface area contributed by atoms with Gasteiger partial charge in [0.2, 0.25) is 11.8 Å². The highest BCUT2D eigenvalue weighted by Gasteiger charge is 2.36. The molecule has 1 atom stereocenters. The van der Waals surface area contributed by atoms with Gasteiger partial charge in [-0.2, -0.15) is 5.10 Å². The van der Waals surface area contributed by atoms with Crippen LogP contribution in [0.25, 0.3) is 5.69 Å².